The lowest BCUT2D eigenvalue weighted by Crippen LogP contribution is -2.66. The summed E-state index contributed by atoms with van der Waals surface area (Å²) in [6, 6.07) is 4.83. The first-order chi connectivity index (χ1) is 10.7. The molecule has 1 saturated carbocycles. The Hall–Kier alpha value is -1.26. The Kier molecular flexibility index (Phi) is 2.51. The van der Waals surface area contributed by atoms with Crippen molar-refractivity contribution in [1.29, 1.82) is 0 Å². The molecule has 22 heavy (non-hydrogen) atoms. The van der Waals surface area contributed by atoms with E-state index >= 15 is 0 Å². The van der Waals surface area contributed by atoms with Gasteiger partial charge in [-0.25, -0.2) is 0 Å². The minimum absolute atomic E-state index is 0.00625. The molecule has 118 valence electrons. The highest BCUT2D eigenvalue weighted by Gasteiger charge is 2.65. The fraction of sp³-hybridized carbons (Fsp3) is 0.667. The summed E-state index contributed by atoms with van der Waals surface area (Å²) >= 11 is 0. The molecule has 0 aromatic heterocycles. The molecule has 4 aliphatic rings. The van der Waals surface area contributed by atoms with Crippen LogP contribution in [0.25, 0.3) is 0 Å². The molecule has 2 aliphatic heterocycles. The highest BCUT2D eigenvalue weighted by Crippen LogP contribution is 2.63. The predicted octanol–water partition coefficient (Wildman–Crippen LogP) is 1.73. The molecule has 4 heteroatoms. The van der Waals surface area contributed by atoms with Gasteiger partial charge in [0.25, 0.3) is 0 Å². The van der Waals surface area contributed by atoms with Gasteiger partial charge in [0.1, 0.15) is 6.10 Å². The number of piperidine rings is 1. The number of benzene rings is 1. The molecular formula is C18H23NO3. The fourth-order valence-corrected chi connectivity index (χ4v) is 5.86. The summed E-state index contributed by atoms with van der Waals surface area (Å²) in [6.45, 7) is 1.09. The number of methoxy groups -OCH3 is 1. The third kappa shape index (κ3) is 1.32. The van der Waals surface area contributed by atoms with Crippen molar-refractivity contribution in [3.8, 4) is 11.5 Å². The average Bonchev–Trinajstić information content (AvgIpc) is 2.88. The van der Waals surface area contributed by atoms with Crippen LogP contribution in [0.5, 0.6) is 11.5 Å². The van der Waals surface area contributed by atoms with Crippen molar-refractivity contribution in [3.63, 3.8) is 0 Å². The summed E-state index contributed by atoms with van der Waals surface area (Å²) in [4.78, 5) is 2.52. The molecule has 5 rings (SSSR count). The van der Waals surface area contributed by atoms with E-state index < -0.39 is 0 Å². The van der Waals surface area contributed by atoms with E-state index in [2.05, 4.69) is 18.0 Å². The van der Waals surface area contributed by atoms with Gasteiger partial charge in [0.15, 0.2) is 11.5 Å². The Morgan fingerprint density at radius 2 is 2.23 bits per heavy atom. The Balaban J connectivity index is 1.80. The van der Waals surface area contributed by atoms with Crippen molar-refractivity contribution in [1.82, 2.24) is 4.90 Å². The van der Waals surface area contributed by atoms with E-state index in [1.807, 2.05) is 6.07 Å². The zero-order valence-electron chi connectivity index (χ0n) is 13.2. The second-order valence-corrected chi connectivity index (χ2v) is 7.46. The van der Waals surface area contributed by atoms with E-state index in [4.69, 9.17) is 9.47 Å². The number of ether oxygens (including phenoxy) is 2. The maximum atomic E-state index is 10.6. The maximum Gasteiger partial charge on any atom is 0.165 e. The number of aliphatic hydroxyl groups excluding tert-OH is 1. The van der Waals surface area contributed by atoms with Crippen molar-refractivity contribution in [2.75, 3.05) is 20.7 Å². The van der Waals surface area contributed by atoms with E-state index in [9.17, 15) is 5.11 Å². The lowest BCUT2D eigenvalue weighted by molar-refractivity contribution is -0.0993. The van der Waals surface area contributed by atoms with Gasteiger partial charge in [0.05, 0.1) is 13.2 Å². The van der Waals surface area contributed by atoms with Crippen LogP contribution in [-0.2, 0) is 11.8 Å². The van der Waals surface area contributed by atoms with Gasteiger partial charge in [-0.2, -0.15) is 0 Å². The summed E-state index contributed by atoms with van der Waals surface area (Å²) in [5.74, 6) is 2.34. The third-order valence-electron chi connectivity index (χ3n) is 6.77. The molecule has 2 heterocycles. The zero-order chi connectivity index (χ0) is 15.1. The Labute approximate surface area is 131 Å². The summed E-state index contributed by atoms with van der Waals surface area (Å²) < 4.78 is 11.9. The standard InChI is InChI=1S/C18H23NO3/c1-19-8-7-18-11-4-5-13(20)17(18)22-16-14(21-2)6-3-10(15(16)18)9-12(11)19/h3,6,11-13,17,20H,4-5,7-9H2,1-2H3/t11?,12-,13+,17+,18+/m1/s1. The Morgan fingerprint density at radius 3 is 3.05 bits per heavy atom. The Morgan fingerprint density at radius 1 is 1.36 bits per heavy atom. The summed E-state index contributed by atoms with van der Waals surface area (Å²) in [5, 5.41) is 10.6. The first kappa shape index (κ1) is 13.2. The van der Waals surface area contributed by atoms with Crippen molar-refractivity contribution < 1.29 is 14.6 Å². The molecular weight excluding hydrogens is 278 g/mol. The third-order valence-corrected chi connectivity index (χ3v) is 6.77. The molecule has 5 atom stereocenters. The summed E-state index contributed by atoms with van der Waals surface area (Å²) in [6.07, 6.45) is 3.69. The molecule has 1 saturated heterocycles. The van der Waals surface area contributed by atoms with Crippen LogP contribution in [0.2, 0.25) is 0 Å². The van der Waals surface area contributed by atoms with Crippen LogP contribution in [0.15, 0.2) is 12.1 Å². The first-order valence-electron chi connectivity index (χ1n) is 8.42. The molecule has 1 N–H and O–H groups in total. The highest BCUT2D eigenvalue weighted by atomic mass is 16.5. The number of aliphatic hydroxyl groups is 1. The van der Waals surface area contributed by atoms with E-state index in [0.29, 0.717) is 12.0 Å². The minimum Gasteiger partial charge on any atom is -0.493 e. The van der Waals surface area contributed by atoms with Crippen molar-refractivity contribution in [2.45, 2.75) is 49.3 Å². The van der Waals surface area contributed by atoms with Crippen molar-refractivity contribution in [3.05, 3.63) is 23.3 Å². The molecule has 0 radical (unpaired) electrons. The van der Waals surface area contributed by atoms with Crippen LogP contribution in [0.1, 0.15) is 30.4 Å². The zero-order valence-corrected chi connectivity index (χ0v) is 13.2. The van der Waals surface area contributed by atoms with Crippen molar-refractivity contribution >= 4 is 0 Å². The van der Waals surface area contributed by atoms with Crippen LogP contribution in [0.3, 0.4) is 0 Å². The number of likely N-dealkylation sites (N-methyl/N-ethyl adjacent to an activating group) is 1. The largest absolute Gasteiger partial charge is 0.493 e. The molecule has 1 aromatic rings. The number of rotatable bonds is 1. The lowest BCUT2D eigenvalue weighted by Gasteiger charge is -2.58. The number of hydrogen-bond donors (Lipinski definition) is 1. The molecule has 1 unspecified atom stereocenters. The molecule has 0 amide bonds. The average molecular weight is 301 g/mol. The van der Waals surface area contributed by atoms with Gasteiger partial charge in [0, 0.05) is 17.0 Å². The first-order valence-corrected chi connectivity index (χ1v) is 8.42. The summed E-state index contributed by atoms with van der Waals surface area (Å²) in [5.41, 5.74) is 2.77. The van der Waals surface area contributed by atoms with E-state index in [1.165, 1.54) is 11.1 Å². The monoisotopic (exact) mass is 301 g/mol. The highest BCUT2D eigenvalue weighted by molar-refractivity contribution is 5.61. The number of hydrogen-bond acceptors (Lipinski definition) is 4. The topological polar surface area (TPSA) is 41.9 Å². The van der Waals surface area contributed by atoms with Gasteiger partial charge >= 0.3 is 0 Å². The fourth-order valence-electron chi connectivity index (χ4n) is 5.86. The molecule has 1 aromatic carbocycles. The second kappa shape index (κ2) is 4.18. The molecule has 2 fully saturated rings. The van der Waals surface area contributed by atoms with Gasteiger partial charge in [-0.05, 0) is 56.8 Å². The SMILES string of the molecule is COc1ccc2c3c1O[C@H]1[C@@H](O)CCC4[C@@H](C2)N(C)CC[C@@]341. The van der Waals surface area contributed by atoms with Gasteiger partial charge in [-0.15, -0.1) is 0 Å². The van der Waals surface area contributed by atoms with Crippen LogP contribution >= 0.6 is 0 Å². The van der Waals surface area contributed by atoms with E-state index in [1.54, 1.807) is 7.11 Å². The Bertz CT molecular complexity index is 645. The lowest BCUT2D eigenvalue weighted by atomic mass is 9.51. The van der Waals surface area contributed by atoms with Crippen molar-refractivity contribution in [2.24, 2.45) is 5.92 Å². The second-order valence-electron chi connectivity index (χ2n) is 7.46. The smallest absolute Gasteiger partial charge is 0.165 e. The van der Waals surface area contributed by atoms with Crippen LogP contribution in [-0.4, -0.2) is 49.0 Å². The molecule has 4 nitrogen and oxygen atoms in total. The minimum atomic E-state index is -0.358. The summed E-state index contributed by atoms with van der Waals surface area (Å²) in [7, 11) is 3.96. The number of likely N-dealkylation sites (tertiary alicyclic amines) is 1. The molecule has 2 aliphatic carbocycles. The van der Waals surface area contributed by atoms with Gasteiger partial charge in [-0.1, -0.05) is 6.07 Å². The molecule has 2 bridgehead atoms. The van der Waals surface area contributed by atoms with E-state index in [0.717, 1.165) is 43.7 Å². The predicted molar refractivity (Wildman–Crippen MR) is 82.6 cm³/mol. The van der Waals surface area contributed by atoms with Gasteiger partial charge in [0.2, 0.25) is 0 Å². The van der Waals surface area contributed by atoms with Gasteiger partial charge in [-0.3, -0.25) is 0 Å². The molecule has 1 spiro atoms. The normalized spacial score (nSPS) is 41.8. The quantitative estimate of drug-likeness (QED) is 0.858. The van der Waals surface area contributed by atoms with Crippen LogP contribution in [0.4, 0.5) is 0 Å². The van der Waals surface area contributed by atoms with Gasteiger partial charge < -0.3 is 19.5 Å². The van der Waals surface area contributed by atoms with Crippen LogP contribution in [0, 0.1) is 5.92 Å². The number of nitrogens with zero attached hydrogens (tertiary/aromatic N) is 1. The van der Waals surface area contributed by atoms with Crippen LogP contribution < -0.4 is 9.47 Å². The van der Waals surface area contributed by atoms with E-state index in [-0.39, 0.29) is 17.6 Å². The maximum absolute atomic E-state index is 10.6.